The van der Waals surface area contributed by atoms with Gasteiger partial charge in [0.05, 0.1) is 7.11 Å². The molecule has 0 aromatic heterocycles. The van der Waals surface area contributed by atoms with Crippen LogP contribution in [0.4, 0.5) is 14.5 Å². The number of carbonyl (C=O) groups excluding carboxylic acids is 1. The zero-order chi connectivity index (χ0) is 11.6. The van der Waals surface area contributed by atoms with Crippen LogP contribution < -0.4 is 10.1 Å². The van der Waals surface area contributed by atoms with Crippen molar-refractivity contribution in [3.05, 3.63) is 23.3 Å². The highest BCUT2D eigenvalue weighted by molar-refractivity contribution is 5.89. The van der Waals surface area contributed by atoms with Crippen LogP contribution in [-0.2, 0) is 4.79 Å². The number of anilines is 1. The van der Waals surface area contributed by atoms with E-state index in [2.05, 4.69) is 10.1 Å². The maximum absolute atomic E-state index is 13.5. The molecule has 0 atom stereocenters. The fraction of sp³-hybridized carbons (Fsp3) is 0.300. The second kappa shape index (κ2) is 4.25. The van der Waals surface area contributed by atoms with Crippen LogP contribution in [0, 0.1) is 18.6 Å². The van der Waals surface area contributed by atoms with Gasteiger partial charge in [-0.25, -0.2) is 8.78 Å². The van der Waals surface area contributed by atoms with Crippen molar-refractivity contribution in [3.63, 3.8) is 0 Å². The number of hydrogen-bond acceptors (Lipinski definition) is 2. The van der Waals surface area contributed by atoms with Crippen molar-refractivity contribution < 1.29 is 18.3 Å². The number of amides is 1. The molecule has 0 heterocycles. The lowest BCUT2D eigenvalue weighted by Crippen LogP contribution is -2.09. The van der Waals surface area contributed by atoms with E-state index in [-0.39, 0.29) is 17.2 Å². The quantitative estimate of drug-likeness (QED) is 0.821. The zero-order valence-corrected chi connectivity index (χ0v) is 8.65. The second-order valence-electron chi connectivity index (χ2n) is 3.06. The predicted octanol–water partition coefficient (Wildman–Crippen LogP) is 2.24. The largest absolute Gasteiger partial charge is 0.491 e. The molecule has 1 aromatic rings. The third kappa shape index (κ3) is 2.23. The summed E-state index contributed by atoms with van der Waals surface area (Å²) in [5.74, 6) is -2.48. The molecule has 0 bridgehead atoms. The van der Waals surface area contributed by atoms with E-state index in [1.54, 1.807) is 0 Å². The molecular formula is C10H11F2NO2. The highest BCUT2D eigenvalue weighted by Gasteiger charge is 2.16. The van der Waals surface area contributed by atoms with Crippen LogP contribution in [0.15, 0.2) is 6.07 Å². The number of benzene rings is 1. The standard InChI is InChI=1S/C10H11F2NO2/c1-5-8(13-6(2)14)4-7(11)10(15-3)9(5)12/h4H,1-3H3,(H,13,14). The smallest absolute Gasteiger partial charge is 0.221 e. The van der Waals surface area contributed by atoms with Crippen molar-refractivity contribution in [2.24, 2.45) is 0 Å². The fourth-order valence-corrected chi connectivity index (χ4v) is 1.20. The lowest BCUT2D eigenvalue weighted by atomic mass is 10.1. The summed E-state index contributed by atoms with van der Waals surface area (Å²) in [5.41, 5.74) is 0.252. The Morgan fingerprint density at radius 2 is 2.07 bits per heavy atom. The third-order valence-electron chi connectivity index (χ3n) is 1.94. The van der Waals surface area contributed by atoms with Gasteiger partial charge >= 0.3 is 0 Å². The van der Waals surface area contributed by atoms with E-state index in [4.69, 9.17) is 0 Å². The van der Waals surface area contributed by atoms with Gasteiger partial charge in [-0.2, -0.15) is 0 Å². The molecule has 0 saturated carbocycles. The summed E-state index contributed by atoms with van der Waals surface area (Å²) in [4.78, 5) is 10.8. The maximum atomic E-state index is 13.5. The first-order valence-electron chi connectivity index (χ1n) is 4.27. The summed E-state index contributed by atoms with van der Waals surface area (Å²) >= 11 is 0. The normalized spacial score (nSPS) is 9.93. The number of carbonyl (C=O) groups is 1. The van der Waals surface area contributed by atoms with E-state index in [1.165, 1.54) is 21.0 Å². The molecule has 0 radical (unpaired) electrons. The first-order chi connectivity index (χ1) is 6.97. The van der Waals surface area contributed by atoms with E-state index >= 15 is 0 Å². The molecule has 15 heavy (non-hydrogen) atoms. The topological polar surface area (TPSA) is 38.3 Å². The summed E-state index contributed by atoms with van der Waals surface area (Å²) < 4.78 is 31.2. The first kappa shape index (κ1) is 11.4. The van der Waals surface area contributed by atoms with Gasteiger partial charge in [0.1, 0.15) is 0 Å². The van der Waals surface area contributed by atoms with Crippen LogP contribution in [-0.4, -0.2) is 13.0 Å². The van der Waals surface area contributed by atoms with Gasteiger partial charge in [0.25, 0.3) is 0 Å². The molecule has 0 saturated heterocycles. The van der Waals surface area contributed by atoms with Crippen LogP contribution in [0.3, 0.4) is 0 Å². The Balaban J connectivity index is 3.27. The van der Waals surface area contributed by atoms with Gasteiger partial charge in [0.15, 0.2) is 17.4 Å². The Bertz CT molecular complexity index is 405. The molecule has 1 N–H and O–H groups in total. The predicted molar refractivity (Wildman–Crippen MR) is 52.0 cm³/mol. The van der Waals surface area contributed by atoms with Crippen LogP contribution >= 0.6 is 0 Å². The summed E-state index contributed by atoms with van der Waals surface area (Å²) in [5, 5.41) is 2.33. The van der Waals surface area contributed by atoms with Gasteiger partial charge in [-0.1, -0.05) is 0 Å². The summed E-state index contributed by atoms with van der Waals surface area (Å²) in [6, 6.07) is 1.03. The number of hydrogen-bond donors (Lipinski definition) is 1. The lowest BCUT2D eigenvalue weighted by Gasteiger charge is -2.11. The van der Waals surface area contributed by atoms with Gasteiger partial charge < -0.3 is 10.1 Å². The van der Waals surface area contributed by atoms with Crippen molar-refractivity contribution >= 4 is 11.6 Å². The van der Waals surface area contributed by atoms with Crippen molar-refractivity contribution in [3.8, 4) is 5.75 Å². The number of halogens is 2. The number of methoxy groups -OCH3 is 1. The minimum absolute atomic E-state index is 0.110. The molecular weight excluding hydrogens is 204 g/mol. The van der Waals surface area contributed by atoms with E-state index in [0.29, 0.717) is 0 Å². The average Bonchev–Trinajstić information content (AvgIpc) is 2.14. The van der Waals surface area contributed by atoms with Crippen molar-refractivity contribution in [2.75, 3.05) is 12.4 Å². The minimum Gasteiger partial charge on any atom is -0.491 e. The Labute approximate surface area is 86.0 Å². The van der Waals surface area contributed by atoms with Crippen molar-refractivity contribution in [2.45, 2.75) is 13.8 Å². The van der Waals surface area contributed by atoms with Gasteiger partial charge in [0.2, 0.25) is 5.91 Å². The number of rotatable bonds is 2. The van der Waals surface area contributed by atoms with Gasteiger partial charge in [-0.3, -0.25) is 4.79 Å². The monoisotopic (exact) mass is 215 g/mol. The lowest BCUT2D eigenvalue weighted by molar-refractivity contribution is -0.114. The SMILES string of the molecule is COc1c(F)cc(NC(C)=O)c(C)c1F. The second-order valence-corrected chi connectivity index (χ2v) is 3.06. The third-order valence-corrected chi connectivity index (χ3v) is 1.94. The van der Waals surface area contributed by atoms with Crippen molar-refractivity contribution in [1.82, 2.24) is 0 Å². The van der Waals surface area contributed by atoms with E-state index in [1.807, 2.05) is 0 Å². The highest BCUT2D eigenvalue weighted by Crippen LogP contribution is 2.29. The van der Waals surface area contributed by atoms with E-state index in [9.17, 15) is 13.6 Å². The molecule has 5 heteroatoms. The Kier molecular flexibility index (Phi) is 3.24. The van der Waals surface area contributed by atoms with Crippen molar-refractivity contribution in [1.29, 1.82) is 0 Å². The molecule has 1 rings (SSSR count). The van der Waals surface area contributed by atoms with Crippen LogP contribution in [0.5, 0.6) is 5.75 Å². The maximum Gasteiger partial charge on any atom is 0.221 e. The van der Waals surface area contributed by atoms with Crippen LogP contribution in [0.25, 0.3) is 0 Å². The highest BCUT2D eigenvalue weighted by atomic mass is 19.1. The molecule has 1 aromatic carbocycles. The van der Waals surface area contributed by atoms with Gasteiger partial charge in [-0.15, -0.1) is 0 Å². The Morgan fingerprint density at radius 3 is 2.53 bits per heavy atom. The van der Waals surface area contributed by atoms with E-state index in [0.717, 1.165) is 6.07 Å². The number of nitrogens with one attached hydrogen (secondary N) is 1. The average molecular weight is 215 g/mol. The molecule has 0 spiro atoms. The summed E-state index contributed by atoms with van der Waals surface area (Å²) in [7, 11) is 1.18. The Morgan fingerprint density at radius 1 is 1.47 bits per heavy atom. The molecule has 0 unspecified atom stereocenters. The summed E-state index contributed by atoms with van der Waals surface area (Å²) in [6.45, 7) is 2.70. The zero-order valence-electron chi connectivity index (χ0n) is 8.65. The molecule has 0 fully saturated rings. The van der Waals surface area contributed by atoms with E-state index < -0.39 is 17.4 Å². The summed E-state index contributed by atoms with van der Waals surface area (Å²) in [6.07, 6.45) is 0. The van der Waals surface area contributed by atoms with Gasteiger partial charge in [-0.05, 0) is 6.92 Å². The first-order valence-corrected chi connectivity index (χ1v) is 4.27. The van der Waals surface area contributed by atoms with Crippen LogP contribution in [0.1, 0.15) is 12.5 Å². The molecule has 3 nitrogen and oxygen atoms in total. The molecule has 0 aliphatic carbocycles. The molecule has 0 aliphatic heterocycles. The fourth-order valence-electron chi connectivity index (χ4n) is 1.20. The minimum atomic E-state index is -0.843. The molecule has 1 amide bonds. The van der Waals surface area contributed by atoms with Gasteiger partial charge in [0, 0.05) is 24.2 Å². The Hall–Kier alpha value is -1.65. The number of ether oxygens (including phenoxy) is 1. The molecule has 0 aliphatic rings. The molecule has 82 valence electrons. The van der Waals surface area contributed by atoms with Crippen LogP contribution in [0.2, 0.25) is 0 Å².